The molecule has 90 valence electrons. The van der Waals surface area contributed by atoms with Crippen molar-refractivity contribution in [3.63, 3.8) is 0 Å². The Morgan fingerprint density at radius 1 is 1.67 bits per heavy atom. The van der Waals surface area contributed by atoms with Gasteiger partial charge in [-0.25, -0.2) is 0 Å². The first kappa shape index (κ1) is 14.7. The zero-order valence-corrected chi connectivity index (χ0v) is 10.3. The van der Waals surface area contributed by atoms with Gasteiger partial charge in [-0.15, -0.1) is 12.4 Å². The standard InChI is InChI=1S/C10H20N2O2.ClH/c1-3-14-8(2)10(13)12-5-4-9(6-11)7-12;/h8-9H,3-7,11H2,1-2H3;1H. The Kier molecular flexibility index (Phi) is 6.89. The van der Waals surface area contributed by atoms with Gasteiger partial charge >= 0.3 is 0 Å². The molecule has 0 saturated carbocycles. The molecule has 1 amide bonds. The number of halogens is 1. The van der Waals surface area contributed by atoms with E-state index in [-0.39, 0.29) is 24.4 Å². The lowest BCUT2D eigenvalue weighted by Gasteiger charge is -2.20. The fourth-order valence-electron chi connectivity index (χ4n) is 1.80. The summed E-state index contributed by atoms with van der Waals surface area (Å²) in [6, 6.07) is 0. The van der Waals surface area contributed by atoms with Gasteiger partial charge in [0, 0.05) is 19.7 Å². The van der Waals surface area contributed by atoms with Crippen LogP contribution in [-0.4, -0.2) is 43.2 Å². The van der Waals surface area contributed by atoms with Gasteiger partial charge in [0.15, 0.2) is 0 Å². The van der Waals surface area contributed by atoms with E-state index in [9.17, 15) is 4.79 Å². The number of likely N-dealkylation sites (tertiary alicyclic amines) is 1. The number of nitrogens with zero attached hydrogens (tertiary/aromatic N) is 1. The molecule has 0 bridgehead atoms. The number of hydrogen-bond acceptors (Lipinski definition) is 3. The summed E-state index contributed by atoms with van der Waals surface area (Å²) < 4.78 is 5.26. The lowest BCUT2D eigenvalue weighted by Crippen LogP contribution is -2.38. The fraction of sp³-hybridized carbons (Fsp3) is 0.900. The summed E-state index contributed by atoms with van der Waals surface area (Å²) in [6.07, 6.45) is 0.720. The van der Waals surface area contributed by atoms with E-state index in [1.54, 1.807) is 0 Å². The van der Waals surface area contributed by atoms with Crippen LogP contribution >= 0.6 is 12.4 Å². The Hall–Kier alpha value is -0.320. The van der Waals surface area contributed by atoms with E-state index in [1.807, 2.05) is 18.7 Å². The van der Waals surface area contributed by atoms with Gasteiger partial charge in [0.05, 0.1) is 0 Å². The Morgan fingerprint density at radius 2 is 2.33 bits per heavy atom. The van der Waals surface area contributed by atoms with Crippen LogP contribution in [0.3, 0.4) is 0 Å². The van der Waals surface area contributed by atoms with Gasteiger partial charge in [-0.3, -0.25) is 4.79 Å². The van der Waals surface area contributed by atoms with Crippen molar-refractivity contribution in [3.05, 3.63) is 0 Å². The molecule has 5 heteroatoms. The molecule has 2 unspecified atom stereocenters. The average Bonchev–Trinajstić information content (AvgIpc) is 2.65. The van der Waals surface area contributed by atoms with Gasteiger partial charge in [-0.2, -0.15) is 0 Å². The number of ether oxygens (including phenoxy) is 1. The second-order valence-electron chi connectivity index (χ2n) is 3.77. The number of nitrogens with two attached hydrogens (primary N) is 1. The average molecular weight is 237 g/mol. The second-order valence-corrected chi connectivity index (χ2v) is 3.77. The van der Waals surface area contributed by atoms with Crippen LogP contribution in [0.5, 0.6) is 0 Å². The monoisotopic (exact) mass is 236 g/mol. The van der Waals surface area contributed by atoms with Crippen molar-refractivity contribution in [1.82, 2.24) is 4.90 Å². The highest BCUT2D eigenvalue weighted by molar-refractivity contribution is 5.85. The summed E-state index contributed by atoms with van der Waals surface area (Å²) in [5, 5.41) is 0. The minimum Gasteiger partial charge on any atom is -0.369 e. The molecule has 1 saturated heterocycles. The molecule has 15 heavy (non-hydrogen) atoms. The van der Waals surface area contributed by atoms with Gasteiger partial charge in [-0.1, -0.05) is 0 Å². The van der Waals surface area contributed by atoms with Gasteiger partial charge in [0.2, 0.25) is 0 Å². The Morgan fingerprint density at radius 3 is 2.80 bits per heavy atom. The summed E-state index contributed by atoms with van der Waals surface area (Å²) in [5.41, 5.74) is 5.56. The summed E-state index contributed by atoms with van der Waals surface area (Å²) in [5.74, 6) is 0.579. The van der Waals surface area contributed by atoms with Gasteiger partial charge < -0.3 is 15.4 Å². The molecule has 1 rings (SSSR count). The van der Waals surface area contributed by atoms with Gasteiger partial charge in [0.25, 0.3) is 5.91 Å². The third-order valence-electron chi connectivity index (χ3n) is 2.70. The lowest BCUT2D eigenvalue weighted by molar-refractivity contribution is -0.141. The molecular weight excluding hydrogens is 216 g/mol. The number of carbonyl (C=O) groups excluding carboxylic acids is 1. The predicted octanol–water partition coefficient (Wildman–Crippen LogP) is 0.640. The molecule has 0 spiro atoms. The predicted molar refractivity (Wildman–Crippen MR) is 62.1 cm³/mol. The first-order chi connectivity index (χ1) is 6.69. The smallest absolute Gasteiger partial charge is 0.251 e. The molecule has 2 N–H and O–H groups in total. The molecule has 1 heterocycles. The SMILES string of the molecule is CCOC(C)C(=O)N1CCC(CN)C1.Cl. The molecule has 1 fully saturated rings. The zero-order valence-electron chi connectivity index (χ0n) is 9.44. The van der Waals surface area contributed by atoms with Crippen molar-refractivity contribution in [1.29, 1.82) is 0 Å². The molecular formula is C10H21ClN2O2. The zero-order chi connectivity index (χ0) is 10.6. The van der Waals surface area contributed by atoms with Crippen LogP contribution in [-0.2, 0) is 9.53 Å². The van der Waals surface area contributed by atoms with E-state index < -0.39 is 0 Å². The molecule has 0 aromatic rings. The van der Waals surface area contributed by atoms with Crippen LogP contribution in [0.2, 0.25) is 0 Å². The number of rotatable bonds is 4. The quantitative estimate of drug-likeness (QED) is 0.780. The molecule has 4 nitrogen and oxygen atoms in total. The van der Waals surface area contributed by atoms with Crippen molar-refractivity contribution in [2.24, 2.45) is 11.7 Å². The molecule has 1 aliphatic heterocycles. The van der Waals surface area contributed by atoms with E-state index in [1.165, 1.54) is 0 Å². The lowest BCUT2D eigenvalue weighted by atomic mass is 10.1. The topological polar surface area (TPSA) is 55.6 Å². The summed E-state index contributed by atoms with van der Waals surface area (Å²) in [6.45, 7) is 6.59. The minimum atomic E-state index is -0.309. The van der Waals surface area contributed by atoms with E-state index in [4.69, 9.17) is 10.5 Å². The Bertz CT molecular complexity index is 202. The van der Waals surface area contributed by atoms with Gasteiger partial charge in [-0.05, 0) is 32.7 Å². The maximum Gasteiger partial charge on any atom is 0.251 e. The number of carbonyl (C=O) groups is 1. The van der Waals surface area contributed by atoms with E-state index >= 15 is 0 Å². The third kappa shape index (κ3) is 3.97. The van der Waals surface area contributed by atoms with E-state index in [0.29, 0.717) is 19.1 Å². The summed E-state index contributed by atoms with van der Waals surface area (Å²) in [4.78, 5) is 13.6. The minimum absolute atomic E-state index is 0. The maximum absolute atomic E-state index is 11.8. The number of hydrogen-bond donors (Lipinski definition) is 1. The van der Waals surface area contributed by atoms with Crippen LogP contribution in [0.25, 0.3) is 0 Å². The molecule has 0 aromatic carbocycles. The molecule has 0 aliphatic carbocycles. The maximum atomic E-state index is 11.8. The first-order valence-electron chi connectivity index (χ1n) is 5.29. The highest BCUT2D eigenvalue weighted by atomic mass is 35.5. The molecule has 0 aromatic heterocycles. The highest BCUT2D eigenvalue weighted by Gasteiger charge is 2.28. The van der Waals surface area contributed by atoms with Crippen molar-refractivity contribution in [2.45, 2.75) is 26.4 Å². The first-order valence-corrected chi connectivity index (χ1v) is 5.29. The molecule has 1 aliphatic rings. The Balaban J connectivity index is 0.00000196. The van der Waals surface area contributed by atoms with Crippen molar-refractivity contribution < 1.29 is 9.53 Å². The normalized spacial score (nSPS) is 22.3. The van der Waals surface area contributed by atoms with Crippen molar-refractivity contribution in [3.8, 4) is 0 Å². The summed E-state index contributed by atoms with van der Waals surface area (Å²) >= 11 is 0. The van der Waals surface area contributed by atoms with E-state index in [2.05, 4.69) is 0 Å². The van der Waals surface area contributed by atoms with Gasteiger partial charge in [0.1, 0.15) is 6.10 Å². The van der Waals surface area contributed by atoms with Crippen molar-refractivity contribution >= 4 is 18.3 Å². The van der Waals surface area contributed by atoms with Crippen LogP contribution in [0, 0.1) is 5.92 Å². The second kappa shape index (κ2) is 7.04. The highest BCUT2D eigenvalue weighted by Crippen LogP contribution is 2.16. The third-order valence-corrected chi connectivity index (χ3v) is 2.70. The fourth-order valence-corrected chi connectivity index (χ4v) is 1.80. The van der Waals surface area contributed by atoms with E-state index in [0.717, 1.165) is 19.5 Å². The van der Waals surface area contributed by atoms with Crippen LogP contribution in [0.1, 0.15) is 20.3 Å². The number of amides is 1. The van der Waals surface area contributed by atoms with Crippen LogP contribution in [0.4, 0.5) is 0 Å². The van der Waals surface area contributed by atoms with Crippen LogP contribution < -0.4 is 5.73 Å². The van der Waals surface area contributed by atoms with Crippen molar-refractivity contribution in [2.75, 3.05) is 26.2 Å². The molecule has 2 atom stereocenters. The summed E-state index contributed by atoms with van der Waals surface area (Å²) in [7, 11) is 0. The largest absolute Gasteiger partial charge is 0.369 e. The van der Waals surface area contributed by atoms with Crippen LogP contribution in [0.15, 0.2) is 0 Å². The Labute approximate surface area is 97.5 Å². The molecule has 0 radical (unpaired) electrons.